The molecular weight excluding hydrogens is 430 g/mol. The maximum absolute atomic E-state index is 12.5. The number of hydrazone groups is 1. The number of carbonyl (C=O) groups is 3. The number of azo groups is 1. The molecular formula is C22H23N5O6. The summed E-state index contributed by atoms with van der Waals surface area (Å²) < 4.78 is 4.69. The summed E-state index contributed by atoms with van der Waals surface area (Å²) in [5.41, 5.74) is 2.73. The van der Waals surface area contributed by atoms with Gasteiger partial charge in [-0.05, 0) is 36.8 Å². The molecule has 0 aromatic heterocycles. The number of rotatable bonds is 9. The summed E-state index contributed by atoms with van der Waals surface area (Å²) in [5, 5.41) is 30.5. The maximum Gasteiger partial charge on any atom is 0.376 e. The molecule has 11 nitrogen and oxygen atoms in total. The molecule has 172 valence electrons. The van der Waals surface area contributed by atoms with Crippen LogP contribution in [0.3, 0.4) is 0 Å². The highest BCUT2D eigenvalue weighted by atomic mass is 16.5. The van der Waals surface area contributed by atoms with Crippen molar-refractivity contribution in [3.8, 4) is 0 Å². The van der Waals surface area contributed by atoms with Crippen molar-refractivity contribution in [2.75, 3.05) is 25.6 Å². The Kier molecular flexibility index (Phi) is 8.80. The number of carboxylic acid groups (broad SMARTS) is 1. The molecule has 0 bridgehead atoms. The minimum Gasteiger partial charge on any atom is -0.500 e. The van der Waals surface area contributed by atoms with Gasteiger partial charge in [0.05, 0.1) is 18.4 Å². The molecule has 0 aliphatic rings. The van der Waals surface area contributed by atoms with E-state index in [0.29, 0.717) is 5.56 Å². The Bertz CT molecular complexity index is 1110. The van der Waals surface area contributed by atoms with Gasteiger partial charge in [-0.3, -0.25) is 4.79 Å². The highest BCUT2D eigenvalue weighted by molar-refractivity contribution is 6.01. The van der Waals surface area contributed by atoms with Gasteiger partial charge >= 0.3 is 11.9 Å². The van der Waals surface area contributed by atoms with Crippen LogP contribution >= 0.6 is 0 Å². The number of benzene rings is 2. The topological polar surface area (TPSA) is 153 Å². The Morgan fingerprint density at radius 3 is 2.33 bits per heavy atom. The van der Waals surface area contributed by atoms with Crippen LogP contribution in [0.4, 0.5) is 11.4 Å². The Balaban J connectivity index is 2.28. The minimum atomic E-state index is -1.26. The number of carbonyl (C=O) groups excluding carboxylic acids is 2. The fourth-order valence-electron chi connectivity index (χ4n) is 2.42. The number of amides is 1. The first-order valence-corrected chi connectivity index (χ1v) is 9.69. The summed E-state index contributed by atoms with van der Waals surface area (Å²) in [5.74, 6) is -4.62. The molecule has 2 aromatic carbocycles. The molecule has 0 saturated carbocycles. The van der Waals surface area contributed by atoms with Crippen molar-refractivity contribution < 1.29 is 29.3 Å². The van der Waals surface area contributed by atoms with E-state index in [1.54, 1.807) is 12.1 Å². The lowest BCUT2D eigenvalue weighted by Gasteiger charge is -2.11. The van der Waals surface area contributed by atoms with Gasteiger partial charge in [0.25, 0.3) is 5.91 Å². The number of nitrogens with zero attached hydrogens (tertiary/aromatic N) is 4. The van der Waals surface area contributed by atoms with Gasteiger partial charge in [-0.15, -0.1) is 10.2 Å². The van der Waals surface area contributed by atoms with E-state index in [0.717, 1.165) is 5.69 Å². The lowest BCUT2D eigenvalue weighted by Crippen LogP contribution is -2.22. The minimum absolute atomic E-state index is 0.0577. The molecule has 11 heteroatoms. The lowest BCUT2D eigenvalue weighted by molar-refractivity contribution is -0.142. The number of esters is 1. The van der Waals surface area contributed by atoms with Crippen LogP contribution < -0.4 is 10.3 Å². The van der Waals surface area contributed by atoms with E-state index in [9.17, 15) is 24.6 Å². The molecule has 0 spiro atoms. The van der Waals surface area contributed by atoms with Gasteiger partial charge in [0, 0.05) is 19.8 Å². The molecule has 0 radical (unpaired) electrons. The number of ether oxygens (including phenoxy) is 1. The lowest BCUT2D eigenvalue weighted by atomic mass is 10.2. The molecule has 0 heterocycles. The predicted molar refractivity (Wildman–Crippen MR) is 121 cm³/mol. The highest BCUT2D eigenvalue weighted by Crippen LogP contribution is 2.21. The zero-order valence-electron chi connectivity index (χ0n) is 18.2. The summed E-state index contributed by atoms with van der Waals surface area (Å²) in [4.78, 5) is 37.7. The number of aliphatic hydroxyl groups excluding tert-OH is 1. The summed E-state index contributed by atoms with van der Waals surface area (Å²) in [6.45, 7) is 1.46. The number of aliphatic hydroxyl groups is 1. The van der Waals surface area contributed by atoms with Crippen molar-refractivity contribution in [1.82, 2.24) is 5.43 Å². The second-order valence-electron chi connectivity index (χ2n) is 6.63. The zero-order chi connectivity index (χ0) is 24.4. The first-order chi connectivity index (χ1) is 15.7. The molecule has 0 saturated heterocycles. The van der Waals surface area contributed by atoms with E-state index in [4.69, 9.17) is 0 Å². The molecule has 0 aliphatic carbocycles. The van der Waals surface area contributed by atoms with Crippen LogP contribution in [-0.2, 0) is 14.3 Å². The van der Waals surface area contributed by atoms with Gasteiger partial charge in [0.1, 0.15) is 5.69 Å². The molecule has 0 atom stereocenters. The molecule has 2 aromatic rings. The largest absolute Gasteiger partial charge is 0.500 e. The third-order valence-electron chi connectivity index (χ3n) is 4.09. The highest BCUT2D eigenvalue weighted by Gasteiger charge is 2.22. The fraction of sp³-hybridized carbons (Fsp3) is 0.182. The van der Waals surface area contributed by atoms with Gasteiger partial charge in [-0.2, -0.15) is 5.10 Å². The second-order valence-corrected chi connectivity index (χ2v) is 6.63. The van der Waals surface area contributed by atoms with Gasteiger partial charge in [0.2, 0.25) is 11.5 Å². The van der Waals surface area contributed by atoms with Crippen LogP contribution in [0.25, 0.3) is 0 Å². The van der Waals surface area contributed by atoms with E-state index < -0.39 is 29.3 Å². The SMILES string of the molecule is CCOC(=O)/C(O)=C(\N=Nc1ccccc1C(=O)O)C(=O)N/N=C/c1ccc(N(C)C)cc1. The first kappa shape index (κ1) is 24.7. The van der Waals surface area contributed by atoms with Crippen LogP contribution in [0.2, 0.25) is 0 Å². The normalized spacial score (nSPS) is 11.8. The Morgan fingerprint density at radius 2 is 1.73 bits per heavy atom. The van der Waals surface area contributed by atoms with Gasteiger partial charge in [0.15, 0.2) is 0 Å². The van der Waals surface area contributed by atoms with Crippen molar-refractivity contribution in [3.63, 3.8) is 0 Å². The average molecular weight is 453 g/mol. The van der Waals surface area contributed by atoms with E-state index in [1.165, 1.54) is 37.4 Å². The van der Waals surface area contributed by atoms with Gasteiger partial charge < -0.3 is 19.8 Å². The third kappa shape index (κ3) is 6.99. The van der Waals surface area contributed by atoms with Crippen LogP contribution in [0.1, 0.15) is 22.8 Å². The molecule has 3 N–H and O–H groups in total. The first-order valence-electron chi connectivity index (χ1n) is 9.69. The molecule has 0 fully saturated rings. The van der Waals surface area contributed by atoms with Gasteiger partial charge in [-0.1, -0.05) is 24.3 Å². The summed E-state index contributed by atoms with van der Waals surface area (Å²) in [6, 6.07) is 12.9. The molecule has 0 unspecified atom stereocenters. The quantitative estimate of drug-likeness (QED) is 0.132. The number of hydrogen-bond donors (Lipinski definition) is 3. The fourth-order valence-corrected chi connectivity index (χ4v) is 2.42. The van der Waals surface area contributed by atoms with E-state index in [1.807, 2.05) is 31.1 Å². The Hall–Kier alpha value is -4.54. The Labute approximate surface area is 189 Å². The maximum atomic E-state index is 12.5. The predicted octanol–water partition coefficient (Wildman–Crippen LogP) is 3.02. The number of carboxylic acids is 1. The van der Waals surface area contributed by atoms with Crippen LogP contribution in [0, 0.1) is 0 Å². The molecule has 33 heavy (non-hydrogen) atoms. The third-order valence-corrected chi connectivity index (χ3v) is 4.09. The Morgan fingerprint density at radius 1 is 1.06 bits per heavy atom. The van der Waals surface area contributed by atoms with Crippen molar-refractivity contribution in [2.24, 2.45) is 15.3 Å². The molecule has 1 amide bonds. The number of nitrogens with one attached hydrogen (secondary N) is 1. The van der Waals surface area contributed by atoms with Crippen molar-refractivity contribution in [2.45, 2.75) is 6.92 Å². The number of aromatic carboxylic acids is 1. The number of hydrogen-bond acceptors (Lipinski definition) is 9. The van der Waals surface area contributed by atoms with Crippen LogP contribution in [0.5, 0.6) is 0 Å². The zero-order valence-corrected chi connectivity index (χ0v) is 18.2. The van der Waals surface area contributed by atoms with E-state index >= 15 is 0 Å². The van der Waals surface area contributed by atoms with Crippen LogP contribution in [-0.4, -0.2) is 55.0 Å². The van der Waals surface area contributed by atoms with E-state index in [-0.39, 0.29) is 17.9 Å². The second kappa shape index (κ2) is 11.7. The molecule has 0 aliphatic heterocycles. The monoisotopic (exact) mass is 453 g/mol. The summed E-state index contributed by atoms with van der Waals surface area (Å²) >= 11 is 0. The standard InChI is InChI=1S/C22H23N5O6/c1-4-33-22(32)19(28)18(25-24-17-8-6-5-7-16(17)21(30)31)20(29)26-23-13-14-9-11-15(12-10-14)27(2)3/h5-13,28H,4H2,1-3H3,(H,26,29)(H,30,31)/b19-18+,23-13+,25-24?. The van der Waals surface area contributed by atoms with Gasteiger partial charge in [-0.25, -0.2) is 15.0 Å². The summed E-state index contributed by atoms with van der Waals surface area (Å²) in [6.07, 6.45) is 1.35. The van der Waals surface area contributed by atoms with Crippen LogP contribution in [0.15, 0.2) is 75.3 Å². The average Bonchev–Trinajstić information content (AvgIpc) is 2.79. The van der Waals surface area contributed by atoms with E-state index in [2.05, 4.69) is 25.5 Å². The smallest absolute Gasteiger partial charge is 0.376 e. The molecule has 2 rings (SSSR count). The van der Waals surface area contributed by atoms with Crippen molar-refractivity contribution in [3.05, 3.63) is 71.1 Å². The number of anilines is 1. The summed E-state index contributed by atoms with van der Waals surface area (Å²) in [7, 11) is 3.80. The van der Waals surface area contributed by atoms with Crippen molar-refractivity contribution in [1.29, 1.82) is 0 Å². The van der Waals surface area contributed by atoms with Crippen molar-refractivity contribution >= 4 is 35.4 Å².